The summed E-state index contributed by atoms with van der Waals surface area (Å²) in [4.78, 5) is 26.3. The molecule has 2 atom stereocenters. The number of ether oxygens (including phenoxy) is 3. The summed E-state index contributed by atoms with van der Waals surface area (Å²) in [7, 11) is 0. The maximum atomic E-state index is 14.9. The first kappa shape index (κ1) is 29.2. The minimum absolute atomic E-state index is 0.260. The van der Waals surface area contributed by atoms with Crippen molar-refractivity contribution in [2.45, 2.75) is 51.0 Å². The lowest BCUT2D eigenvalue weighted by Gasteiger charge is -2.32. The molecule has 5 aromatic rings. The fourth-order valence-electron chi connectivity index (χ4n) is 6.88. The number of rotatable bonds is 7. The van der Waals surface area contributed by atoms with E-state index in [0.29, 0.717) is 45.9 Å². The summed E-state index contributed by atoms with van der Waals surface area (Å²) >= 11 is 5.99. The molecule has 0 saturated carbocycles. The Morgan fingerprint density at radius 2 is 2.00 bits per heavy atom. The zero-order valence-corrected chi connectivity index (χ0v) is 25.9. The van der Waals surface area contributed by atoms with E-state index in [2.05, 4.69) is 30.2 Å². The van der Waals surface area contributed by atoms with E-state index in [0.717, 1.165) is 74.7 Å². The number of hydrogen-bond donors (Lipinski definition) is 1. The predicted molar refractivity (Wildman–Crippen MR) is 166 cm³/mol. The van der Waals surface area contributed by atoms with Crippen LogP contribution in [0.4, 0.5) is 4.39 Å². The van der Waals surface area contributed by atoms with Gasteiger partial charge in [-0.05, 0) is 68.6 Å². The Labute approximate surface area is 268 Å². The van der Waals surface area contributed by atoms with Crippen molar-refractivity contribution in [3.8, 4) is 22.9 Å². The number of hydrogen-bond acceptors (Lipinski definition) is 9. The molecule has 1 N–H and O–H groups in total. The monoisotopic (exact) mass is 646 g/mol. The van der Waals surface area contributed by atoms with Gasteiger partial charge in [-0.3, -0.25) is 14.4 Å². The van der Waals surface area contributed by atoms with Gasteiger partial charge in [0.2, 0.25) is 0 Å². The molecule has 6 heterocycles. The van der Waals surface area contributed by atoms with E-state index in [9.17, 15) is 9.18 Å². The molecule has 0 spiro atoms. The number of piperidine rings is 1. The van der Waals surface area contributed by atoms with Gasteiger partial charge in [0.05, 0.1) is 18.7 Å². The summed E-state index contributed by atoms with van der Waals surface area (Å²) in [5.74, 6) is 0.836. The highest BCUT2D eigenvalue weighted by molar-refractivity contribution is 6.30. The van der Waals surface area contributed by atoms with Crippen molar-refractivity contribution in [3.63, 3.8) is 0 Å². The van der Waals surface area contributed by atoms with Crippen LogP contribution in [0.25, 0.3) is 22.6 Å². The highest BCUT2D eigenvalue weighted by atomic mass is 35.5. The van der Waals surface area contributed by atoms with Crippen LogP contribution in [0, 0.1) is 11.7 Å². The number of imidazole rings is 1. The van der Waals surface area contributed by atoms with E-state index in [1.54, 1.807) is 25.3 Å². The first-order valence-electron chi connectivity index (χ1n) is 15.5. The Balaban J connectivity index is 1.01. The van der Waals surface area contributed by atoms with Gasteiger partial charge in [-0.25, -0.2) is 19.2 Å². The van der Waals surface area contributed by atoms with Gasteiger partial charge in [-0.2, -0.15) is 0 Å². The number of para-hydroxylation sites is 1. The molecule has 13 heteroatoms. The number of benzene rings is 2. The summed E-state index contributed by atoms with van der Waals surface area (Å²) in [6.07, 6.45) is 4.53. The lowest BCUT2D eigenvalue weighted by molar-refractivity contribution is -0.0712. The SMILES string of the molecule is C[C@]1(c2ccc(Cl)cc2F)Oc2cccc(C3CCN(Cc4nc5cc(-c6noc(=O)[nH]6)cnc5n4C[C@@H]4CCOC4)CC3)c2O1. The molecule has 3 aromatic heterocycles. The number of fused-ring (bicyclic) bond motifs is 2. The van der Waals surface area contributed by atoms with Gasteiger partial charge < -0.3 is 18.8 Å². The van der Waals surface area contributed by atoms with Crippen molar-refractivity contribution in [2.75, 3.05) is 26.3 Å². The molecule has 3 aliphatic rings. The largest absolute Gasteiger partial charge is 0.444 e. The molecule has 0 unspecified atom stereocenters. The molecule has 0 amide bonds. The van der Waals surface area contributed by atoms with Crippen molar-refractivity contribution in [2.24, 2.45) is 5.92 Å². The van der Waals surface area contributed by atoms with E-state index in [1.165, 1.54) is 6.07 Å². The first-order valence-corrected chi connectivity index (χ1v) is 15.9. The molecule has 2 fully saturated rings. The lowest BCUT2D eigenvalue weighted by atomic mass is 9.88. The number of likely N-dealkylation sites (tertiary alicyclic amines) is 1. The minimum Gasteiger partial charge on any atom is -0.444 e. The van der Waals surface area contributed by atoms with Crippen molar-refractivity contribution in [3.05, 3.63) is 87.0 Å². The third-order valence-electron chi connectivity index (χ3n) is 9.27. The third kappa shape index (κ3) is 5.33. The normalized spacial score (nSPS) is 21.8. The molecule has 3 aliphatic heterocycles. The number of aromatic amines is 1. The molecule has 0 bridgehead atoms. The van der Waals surface area contributed by atoms with Crippen LogP contribution in [-0.4, -0.2) is 55.9 Å². The molecule has 46 heavy (non-hydrogen) atoms. The maximum Gasteiger partial charge on any atom is 0.439 e. The van der Waals surface area contributed by atoms with Gasteiger partial charge >= 0.3 is 5.76 Å². The Hall–Kier alpha value is -4.26. The standard InChI is InChI=1S/C33H32ClFN6O5/c1-33(24-6-5-22(34)14-25(24)35)44-27-4-2-3-23(29(27)45-33)20-7-10-40(11-8-20)17-28-37-26-13-21(30-38-32(42)46-39-30)15-36-31(26)41(28)16-19-9-12-43-18-19/h2-6,13-15,19-20H,7-12,16-18H2,1H3,(H,38,39,42)/t19-,33-/m0/s1. The van der Waals surface area contributed by atoms with Crippen LogP contribution in [0.3, 0.4) is 0 Å². The Morgan fingerprint density at radius 1 is 1.13 bits per heavy atom. The maximum absolute atomic E-state index is 14.9. The van der Waals surface area contributed by atoms with Gasteiger partial charge in [0.1, 0.15) is 17.2 Å². The van der Waals surface area contributed by atoms with Crippen molar-refractivity contribution < 1.29 is 23.1 Å². The number of nitrogens with one attached hydrogen (secondary N) is 1. The van der Waals surface area contributed by atoms with Gasteiger partial charge in [0.25, 0.3) is 5.79 Å². The molecule has 2 saturated heterocycles. The summed E-state index contributed by atoms with van der Waals surface area (Å²) in [6, 6.07) is 12.3. The molecular formula is C33H32ClFN6O5. The summed E-state index contributed by atoms with van der Waals surface area (Å²) in [6.45, 7) is 6.41. The van der Waals surface area contributed by atoms with Gasteiger partial charge in [0.15, 0.2) is 23.0 Å². The Bertz CT molecular complexity index is 1980. The second-order valence-electron chi connectivity index (χ2n) is 12.4. The molecule has 0 radical (unpaired) electrons. The number of halogens is 2. The highest BCUT2D eigenvalue weighted by Crippen LogP contribution is 2.50. The first-order chi connectivity index (χ1) is 22.3. The van der Waals surface area contributed by atoms with Crippen molar-refractivity contribution in [1.82, 2.24) is 29.6 Å². The predicted octanol–water partition coefficient (Wildman–Crippen LogP) is 5.63. The molecular weight excluding hydrogens is 615 g/mol. The minimum atomic E-state index is -1.28. The topological polar surface area (TPSA) is 121 Å². The smallest absolute Gasteiger partial charge is 0.439 e. The highest BCUT2D eigenvalue weighted by Gasteiger charge is 2.43. The number of aromatic nitrogens is 5. The molecule has 0 aliphatic carbocycles. The van der Waals surface area contributed by atoms with Crippen LogP contribution in [0.1, 0.15) is 49.1 Å². The summed E-state index contributed by atoms with van der Waals surface area (Å²) in [5.41, 5.74) is 3.55. The van der Waals surface area contributed by atoms with E-state index in [-0.39, 0.29) is 5.92 Å². The Morgan fingerprint density at radius 3 is 2.76 bits per heavy atom. The van der Waals surface area contributed by atoms with E-state index in [1.807, 2.05) is 18.2 Å². The molecule has 2 aromatic carbocycles. The van der Waals surface area contributed by atoms with Crippen molar-refractivity contribution in [1.29, 1.82) is 0 Å². The molecule has 11 nitrogen and oxygen atoms in total. The van der Waals surface area contributed by atoms with Crippen LogP contribution in [0.5, 0.6) is 11.5 Å². The molecule has 8 rings (SSSR count). The van der Waals surface area contributed by atoms with Crippen LogP contribution in [0.2, 0.25) is 5.02 Å². The van der Waals surface area contributed by atoms with E-state index in [4.69, 9.17) is 35.8 Å². The average Bonchev–Trinajstić information content (AvgIpc) is 3.84. The number of H-pyrrole nitrogens is 1. The van der Waals surface area contributed by atoms with Crippen molar-refractivity contribution >= 4 is 22.8 Å². The summed E-state index contributed by atoms with van der Waals surface area (Å²) < 4.78 is 40.0. The Kier molecular flexibility index (Phi) is 7.30. The second kappa shape index (κ2) is 11.5. The van der Waals surface area contributed by atoms with E-state index >= 15 is 0 Å². The lowest BCUT2D eigenvalue weighted by Crippen LogP contribution is -2.34. The van der Waals surface area contributed by atoms with Gasteiger partial charge in [-0.15, -0.1) is 0 Å². The van der Waals surface area contributed by atoms with Crippen LogP contribution in [0.15, 0.2) is 58.0 Å². The second-order valence-corrected chi connectivity index (χ2v) is 12.8. The fraction of sp³-hybridized carbons (Fsp3) is 0.394. The number of pyridine rings is 1. The molecule has 238 valence electrons. The summed E-state index contributed by atoms with van der Waals surface area (Å²) in [5, 5.41) is 4.12. The average molecular weight is 647 g/mol. The van der Waals surface area contributed by atoms with Gasteiger partial charge in [-0.1, -0.05) is 28.9 Å². The zero-order valence-electron chi connectivity index (χ0n) is 25.2. The van der Waals surface area contributed by atoms with E-state index < -0.39 is 17.4 Å². The third-order valence-corrected chi connectivity index (χ3v) is 9.50. The number of nitrogens with zero attached hydrogens (tertiary/aromatic N) is 5. The fourth-order valence-corrected chi connectivity index (χ4v) is 7.04. The van der Waals surface area contributed by atoms with Gasteiger partial charge in [0, 0.05) is 48.3 Å². The zero-order chi connectivity index (χ0) is 31.4. The van der Waals surface area contributed by atoms with Crippen LogP contribution >= 0.6 is 11.6 Å². The van der Waals surface area contributed by atoms with Crippen LogP contribution < -0.4 is 15.2 Å². The van der Waals surface area contributed by atoms with Crippen LogP contribution in [-0.2, 0) is 23.6 Å². The quantitative estimate of drug-likeness (QED) is 0.240.